The number of aromatic nitrogens is 3. The molecule has 2 atom stereocenters. The largest absolute Gasteiger partial charge is 0.490 e. The number of hydrogen-bond donors (Lipinski definition) is 0. The quantitative estimate of drug-likeness (QED) is 0.609. The molecule has 4 heterocycles. The number of allylic oxidation sites excluding steroid dienone is 1. The second-order valence-electron chi connectivity index (χ2n) is 11.0. The monoisotopic (exact) mass is 481 g/mol. The Morgan fingerprint density at radius 2 is 1.86 bits per heavy atom. The minimum absolute atomic E-state index is 0.0169. The molecule has 2 fully saturated rings. The summed E-state index contributed by atoms with van der Waals surface area (Å²) in [5, 5.41) is 3.95. The van der Waals surface area contributed by atoms with Gasteiger partial charge in [0.2, 0.25) is 0 Å². The molecule has 2 aromatic rings. The lowest BCUT2D eigenvalue weighted by molar-refractivity contribution is 0.00578. The van der Waals surface area contributed by atoms with Gasteiger partial charge in [-0.2, -0.15) is 5.10 Å². The second kappa shape index (κ2) is 8.16. The zero-order valence-corrected chi connectivity index (χ0v) is 21.3. The summed E-state index contributed by atoms with van der Waals surface area (Å²) < 4.78 is 27.2. The summed E-state index contributed by atoms with van der Waals surface area (Å²) >= 11 is 0. The molecule has 0 N–H and O–H groups in total. The maximum atomic E-state index is 13.3. The van der Waals surface area contributed by atoms with Crippen molar-refractivity contribution in [3.8, 4) is 5.82 Å². The van der Waals surface area contributed by atoms with Crippen molar-refractivity contribution in [1.82, 2.24) is 24.6 Å². The standard InChI is InChI=1S/C25H33BFN5O3/c1-17(18-7-8-21(28-13-18)32-15-20(27)14-29-32)31-16-25(30(6)22(31)33)11-9-19(10-12-25)26-34-23(2,3)24(4,5)35-26/h7-9,13-15,17H,10-12,16H2,1-6H3/t17-,25?/m0/s1. The third-order valence-corrected chi connectivity index (χ3v) is 8.39. The Balaban J connectivity index is 1.29. The summed E-state index contributed by atoms with van der Waals surface area (Å²) in [4.78, 5) is 21.5. The van der Waals surface area contributed by atoms with Crippen molar-refractivity contribution in [1.29, 1.82) is 0 Å². The summed E-state index contributed by atoms with van der Waals surface area (Å²) in [5.74, 6) is 0.113. The molecule has 5 rings (SSSR count). The summed E-state index contributed by atoms with van der Waals surface area (Å²) in [7, 11) is 1.57. The van der Waals surface area contributed by atoms with Gasteiger partial charge >= 0.3 is 13.1 Å². The molecule has 8 nitrogen and oxygen atoms in total. The maximum Gasteiger partial charge on any atom is 0.490 e. The highest BCUT2D eigenvalue weighted by Crippen LogP contribution is 2.44. The van der Waals surface area contributed by atoms with Crippen LogP contribution in [0.4, 0.5) is 9.18 Å². The van der Waals surface area contributed by atoms with E-state index in [-0.39, 0.29) is 35.9 Å². The van der Waals surface area contributed by atoms with E-state index in [4.69, 9.17) is 9.31 Å². The Labute approximate surface area is 206 Å². The van der Waals surface area contributed by atoms with Crippen LogP contribution in [0, 0.1) is 5.82 Å². The lowest BCUT2D eigenvalue weighted by Gasteiger charge is -2.37. The predicted octanol–water partition coefficient (Wildman–Crippen LogP) is 4.32. The zero-order chi connectivity index (χ0) is 25.2. The van der Waals surface area contributed by atoms with Gasteiger partial charge in [0.25, 0.3) is 0 Å². The molecule has 1 aliphatic carbocycles. The number of likely N-dealkylation sites (N-methyl/N-ethyl adjacent to an activating group) is 1. The number of pyridine rings is 1. The van der Waals surface area contributed by atoms with E-state index in [1.807, 2.05) is 29.8 Å². The molecule has 0 radical (unpaired) electrons. The van der Waals surface area contributed by atoms with Crippen LogP contribution in [-0.4, -0.2) is 68.0 Å². The first-order valence-electron chi connectivity index (χ1n) is 12.2. The van der Waals surface area contributed by atoms with Crippen molar-refractivity contribution >= 4 is 13.1 Å². The van der Waals surface area contributed by atoms with Crippen LogP contribution in [0.15, 0.2) is 42.3 Å². The highest BCUT2D eigenvalue weighted by Gasteiger charge is 2.55. The van der Waals surface area contributed by atoms with Gasteiger partial charge in [0.05, 0.1) is 35.2 Å². The second-order valence-corrected chi connectivity index (χ2v) is 11.0. The van der Waals surface area contributed by atoms with E-state index < -0.39 is 5.82 Å². The molecule has 0 aromatic carbocycles. The SMILES string of the molecule is C[C@@H](c1ccc(-n2cc(F)cn2)nc1)N1CC2(CC=C(B3OC(C)(C)C(C)(C)O3)CC2)N(C)C1=O. The van der Waals surface area contributed by atoms with Crippen LogP contribution < -0.4 is 0 Å². The van der Waals surface area contributed by atoms with Crippen LogP contribution in [0.2, 0.25) is 0 Å². The highest BCUT2D eigenvalue weighted by atomic mass is 19.1. The van der Waals surface area contributed by atoms with E-state index in [1.165, 1.54) is 10.9 Å². The van der Waals surface area contributed by atoms with Crippen molar-refractivity contribution in [2.24, 2.45) is 0 Å². The number of nitrogens with zero attached hydrogens (tertiary/aromatic N) is 5. The summed E-state index contributed by atoms with van der Waals surface area (Å²) in [6, 6.07) is 3.58. The summed E-state index contributed by atoms with van der Waals surface area (Å²) in [5.41, 5.74) is 1.10. The zero-order valence-electron chi connectivity index (χ0n) is 21.3. The van der Waals surface area contributed by atoms with Crippen molar-refractivity contribution in [3.63, 3.8) is 0 Å². The average Bonchev–Trinajstić information content (AvgIpc) is 3.42. The van der Waals surface area contributed by atoms with Crippen molar-refractivity contribution in [2.45, 2.75) is 76.7 Å². The van der Waals surface area contributed by atoms with E-state index in [0.29, 0.717) is 12.4 Å². The fourth-order valence-corrected chi connectivity index (χ4v) is 5.13. The number of rotatable bonds is 4. The first-order chi connectivity index (χ1) is 16.4. The molecule has 1 unspecified atom stereocenters. The molecule has 1 spiro atoms. The van der Waals surface area contributed by atoms with Gasteiger partial charge in [-0.05, 0) is 71.0 Å². The van der Waals surface area contributed by atoms with E-state index in [0.717, 1.165) is 36.5 Å². The van der Waals surface area contributed by atoms with Crippen molar-refractivity contribution in [3.05, 3.63) is 53.7 Å². The Bertz CT molecular complexity index is 1150. The Hall–Kier alpha value is -2.72. The molecule has 2 amide bonds. The number of halogens is 1. The molecule has 2 aromatic heterocycles. The van der Waals surface area contributed by atoms with E-state index in [9.17, 15) is 9.18 Å². The Morgan fingerprint density at radius 1 is 1.14 bits per heavy atom. The molecule has 2 aliphatic heterocycles. The predicted molar refractivity (Wildman–Crippen MR) is 130 cm³/mol. The van der Waals surface area contributed by atoms with Gasteiger partial charge in [-0.25, -0.2) is 18.9 Å². The van der Waals surface area contributed by atoms with Crippen LogP contribution in [0.3, 0.4) is 0 Å². The number of carbonyl (C=O) groups is 1. The number of carbonyl (C=O) groups excluding carboxylic acids is 1. The summed E-state index contributed by atoms with van der Waals surface area (Å²) in [6.07, 6.45) is 8.82. The lowest BCUT2D eigenvalue weighted by atomic mass is 9.68. The van der Waals surface area contributed by atoms with Crippen LogP contribution in [0.5, 0.6) is 0 Å². The Morgan fingerprint density at radius 3 is 2.40 bits per heavy atom. The first kappa shape index (κ1) is 24.0. The van der Waals surface area contributed by atoms with E-state index in [2.05, 4.69) is 43.9 Å². The fraction of sp³-hybridized carbons (Fsp3) is 0.560. The smallest absolute Gasteiger partial charge is 0.400 e. The van der Waals surface area contributed by atoms with Crippen LogP contribution in [-0.2, 0) is 9.31 Å². The number of amides is 2. The third kappa shape index (κ3) is 3.96. The minimum Gasteiger partial charge on any atom is -0.400 e. The van der Waals surface area contributed by atoms with Gasteiger partial charge in [-0.3, -0.25) is 0 Å². The lowest BCUT2D eigenvalue weighted by Crippen LogP contribution is -2.46. The van der Waals surface area contributed by atoms with E-state index >= 15 is 0 Å². The van der Waals surface area contributed by atoms with Gasteiger partial charge in [0.15, 0.2) is 11.6 Å². The van der Waals surface area contributed by atoms with E-state index in [1.54, 1.807) is 12.3 Å². The van der Waals surface area contributed by atoms with Gasteiger partial charge < -0.3 is 19.1 Å². The first-order valence-corrected chi connectivity index (χ1v) is 12.2. The van der Waals surface area contributed by atoms with Gasteiger partial charge in [-0.1, -0.05) is 12.1 Å². The topological polar surface area (TPSA) is 72.7 Å². The molecule has 2 saturated heterocycles. The van der Waals surface area contributed by atoms with Crippen molar-refractivity contribution in [2.75, 3.05) is 13.6 Å². The molecular formula is C25H33BFN5O3. The van der Waals surface area contributed by atoms with Crippen LogP contribution in [0.25, 0.3) is 5.82 Å². The highest BCUT2D eigenvalue weighted by molar-refractivity contribution is 6.54. The van der Waals surface area contributed by atoms with Gasteiger partial charge in [0, 0.05) is 19.8 Å². The molecule has 0 bridgehead atoms. The van der Waals surface area contributed by atoms with Gasteiger partial charge in [-0.15, -0.1) is 0 Å². The van der Waals surface area contributed by atoms with Crippen LogP contribution in [0.1, 0.15) is 65.5 Å². The average molecular weight is 481 g/mol. The molecule has 186 valence electrons. The molecular weight excluding hydrogens is 448 g/mol. The van der Waals surface area contributed by atoms with Crippen LogP contribution >= 0.6 is 0 Å². The Kier molecular flexibility index (Phi) is 5.60. The molecule has 0 saturated carbocycles. The number of hydrogen-bond acceptors (Lipinski definition) is 5. The minimum atomic E-state index is -0.414. The fourth-order valence-electron chi connectivity index (χ4n) is 5.13. The summed E-state index contributed by atoms with van der Waals surface area (Å²) in [6.45, 7) is 10.9. The normalized spacial score (nSPS) is 26.5. The molecule has 10 heteroatoms. The van der Waals surface area contributed by atoms with Crippen molar-refractivity contribution < 1.29 is 18.5 Å². The number of urea groups is 1. The van der Waals surface area contributed by atoms with Gasteiger partial charge in [0.1, 0.15) is 0 Å². The third-order valence-electron chi connectivity index (χ3n) is 8.39. The molecule has 35 heavy (non-hydrogen) atoms. The maximum absolute atomic E-state index is 13.3. The molecule has 3 aliphatic rings.